The number of rotatable bonds is 5. The van der Waals surface area contributed by atoms with Crippen LogP contribution in [0.15, 0.2) is 43.0 Å². The molecule has 0 radical (unpaired) electrons. The first-order valence-corrected chi connectivity index (χ1v) is 8.35. The highest BCUT2D eigenvalue weighted by Gasteiger charge is 2.17. The van der Waals surface area contributed by atoms with Crippen LogP contribution >= 0.6 is 0 Å². The van der Waals surface area contributed by atoms with E-state index in [4.69, 9.17) is 0 Å². The maximum absolute atomic E-state index is 12.4. The van der Waals surface area contributed by atoms with E-state index in [2.05, 4.69) is 32.0 Å². The van der Waals surface area contributed by atoms with Crippen molar-refractivity contribution in [1.82, 2.24) is 20.2 Å². The maximum Gasteiger partial charge on any atom is 0.253 e. The van der Waals surface area contributed by atoms with Crippen LogP contribution in [0, 0.1) is 0 Å². The Bertz CT molecular complexity index is 668. The minimum atomic E-state index is -0.103. The van der Waals surface area contributed by atoms with Gasteiger partial charge in [0.25, 0.3) is 5.91 Å². The summed E-state index contributed by atoms with van der Waals surface area (Å²) in [4.78, 5) is 25.3. The molecule has 3 heterocycles. The number of nitrogens with one attached hydrogen (secondary N) is 1. The molecule has 6 heteroatoms. The lowest BCUT2D eigenvalue weighted by Crippen LogP contribution is -2.46. The molecule has 3 rings (SSSR count). The Morgan fingerprint density at radius 1 is 1.12 bits per heavy atom. The molecule has 1 N–H and O–H groups in total. The molecule has 2 aromatic rings. The van der Waals surface area contributed by atoms with Crippen molar-refractivity contribution in [2.75, 3.05) is 37.6 Å². The van der Waals surface area contributed by atoms with Crippen molar-refractivity contribution in [3.8, 4) is 0 Å². The zero-order chi connectivity index (χ0) is 16.8. The SMILES string of the molecule is CCN1CCN(c2cncc(C(=O)NCc3ccncc3)c2)CC1. The van der Waals surface area contributed by atoms with Gasteiger partial charge in [-0.2, -0.15) is 0 Å². The highest BCUT2D eigenvalue weighted by atomic mass is 16.1. The zero-order valence-electron chi connectivity index (χ0n) is 14.0. The van der Waals surface area contributed by atoms with E-state index in [9.17, 15) is 4.79 Å². The van der Waals surface area contributed by atoms with E-state index in [1.54, 1.807) is 18.6 Å². The van der Waals surface area contributed by atoms with Crippen LogP contribution in [0.4, 0.5) is 5.69 Å². The number of anilines is 1. The largest absolute Gasteiger partial charge is 0.368 e. The summed E-state index contributed by atoms with van der Waals surface area (Å²) in [6, 6.07) is 5.71. The van der Waals surface area contributed by atoms with E-state index in [1.165, 1.54) is 0 Å². The van der Waals surface area contributed by atoms with Gasteiger partial charge in [0.05, 0.1) is 17.4 Å². The second kappa shape index (κ2) is 7.88. The van der Waals surface area contributed by atoms with Crippen LogP contribution in [-0.2, 0) is 6.54 Å². The lowest BCUT2D eigenvalue weighted by Gasteiger charge is -2.35. The molecule has 0 atom stereocenters. The molecule has 1 aliphatic heterocycles. The number of aromatic nitrogens is 2. The van der Waals surface area contributed by atoms with Gasteiger partial charge in [-0.05, 0) is 30.3 Å². The molecule has 0 spiro atoms. The monoisotopic (exact) mass is 325 g/mol. The molecule has 0 unspecified atom stereocenters. The Kier molecular flexibility index (Phi) is 5.38. The summed E-state index contributed by atoms with van der Waals surface area (Å²) in [6.07, 6.45) is 6.90. The number of nitrogens with zero attached hydrogens (tertiary/aromatic N) is 4. The molecule has 1 amide bonds. The summed E-state index contributed by atoms with van der Waals surface area (Å²) in [5.41, 5.74) is 2.64. The summed E-state index contributed by atoms with van der Waals surface area (Å²) in [7, 11) is 0. The van der Waals surface area contributed by atoms with Crippen molar-refractivity contribution in [2.24, 2.45) is 0 Å². The van der Waals surface area contributed by atoms with Crippen LogP contribution in [0.3, 0.4) is 0 Å². The molecule has 0 saturated carbocycles. The fraction of sp³-hybridized carbons (Fsp3) is 0.389. The van der Waals surface area contributed by atoms with Gasteiger partial charge in [-0.25, -0.2) is 0 Å². The molecule has 1 aliphatic rings. The van der Waals surface area contributed by atoms with Crippen molar-refractivity contribution < 1.29 is 4.79 Å². The summed E-state index contributed by atoms with van der Waals surface area (Å²) >= 11 is 0. The van der Waals surface area contributed by atoms with Crippen molar-refractivity contribution in [3.63, 3.8) is 0 Å². The third kappa shape index (κ3) is 4.08. The topological polar surface area (TPSA) is 61.4 Å². The normalized spacial score (nSPS) is 15.3. The Labute approximate surface area is 142 Å². The average Bonchev–Trinajstić information content (AvgIpc) is 2.67. The maximum atomic E-state index is 12.4. The Hall–Kier alpha value is -2.47. The number of amides is 1. The van der Waals surface area contributed by atoms with Crippen LogP contribution in [0.25, 0.3) is 0 Å². The minimum Gasteiger partial charge on any atom is -0.368 e. The molecule has 126 valence electrons. The first-order chi connectivity index (χ1) is 11.8. The van der Waals surface area contributed by atoms with Crippen molar-refractivity contribution in [2.45, 2.75) is 13.5 Å². The standard InChI is InChI=1S/C18H23N5O/c1-2-22-7-9-23(10-8-22)17-11-16(13-20-14-17)18(24)21-12-15-3-5-19-6-4-15/h3-6,11,13-14H,2,7-10,12H2,1H3,(H,21,24). The lowest BCUT2D eigenvalue weighted by molar-refractivity contribution is 0.0950. The van der Waals surface area contributed by atoms with Crippen molar-refractivity contribution in [1.29, 1.82) is 0 Å². The van der Waals surface area contributed by atoms with Crippen LogP contribution in [0.2, 0.25) is 0 Å². The van der Waals surface area contributed by atoms with Crippen LogP contribution in [0.1, 0.15) is 22.8 Å². The fourth-order valence-corrected chi connectivity index (χ4v) is 2.83. The number of piperazine rings is 1. The van der Waals surface area contributed by atoms with E-state index in [0.717, 1.165) is 44.0 Å². The summed E-state index contributed by atoms with van der Waals surface area (Å²) < 4.78 is 0. The van der Waals surface area contributed by atoms with Gasteiger partial charge in [0.2, 0.25) is 0 Å². The molecule has 1 fully saturated rings. The van der Waals surface area contributed by atoms with E-state index < -0.39 is 0 Å². The molecule has 2 aromatic heterocycles. The Morgan fingerprint density at radius 3 is 2.58 bits per heavy atom. The smallest absolute Gasteiger partial charge is 0.253 e. The Morgan fingerprint density at radius 2 is 1.88 bits per heavy atom. The number of carbonyl (C=O) groups is 1. The van der Waals surface area contributed by atoms with E-state index in [1.807, 2.05) is 24.4 Å². The van der Waals surface area contributed by atoms with E-state index in [0.29, 0.717) is 12.1 Å². The second-order valence-corrected chi connectivity index (χ2v) is 5.89. The highest BCUT2D eigenvalue weighted by molar-refractivity contribution is 5.94. The first-order valence-electron chi connectivity index (χ1n) is 8.35. The van der Waals surface area contributed by atoms with Gasteiger partial charge >= 0.3 is 0 Å². The van der Waals surface area contributed by atoms with Crippen molar-refractivity contribution in [3.05, 3.63) is 54.1 Å². The molecule has 24 heavy (non-hydrogen) atoms. The van der Waals surface area contributed by atoms with Gasteiger partial charge in [0, 0.05) is 51.3 Å². The van der Waals surface area contributed by atoms with Gasteiger partial charge in [-0.15, -0.1) is 0 Å². The highest BCUT2D eigenvalue weighted by Crippen LogP contribution is 2.17. The summed E-state index contributed by atoms with van der Waals surface area (Å²) in [5.74, 6) is -0.103. The second-order valence-electron chi connectivity index (χ2n) is 5.89. The average molecular weight is 325 g/mol. The Balaban J connectivity index is 1.61. The van der Waals surface area contributed by atoms with E-state index in [-0.39, 0.29) is 5.91 Å². The van der Waals surface area contributed by atoms with Gasteiger partial charge in [-0.1, -0.05) is 6.92 Å². The number of hydrogen-bond acceptors (Lipinski definition) is 5. The van der Waals surface area contributed by atoms with Gasteiger partial charge in [0.15, 0.2) is 0 Å². The number of likely N-dealkylation sites (N-methyl/N-ethyl adjacent to an activating group) is 1. The van der Waals surface area contributed by atoms with Crippen LogP contribution < -0.4 is 10.2 Å². The zero-order valence-corrected chi connectivity index (χ0v) is 14.0. The molecular weight excluding hydrogens is 302 g/mol. The molecule has 1 saturated heterocycles. The third-order valence-corrected chi connectivity index (χ3v) is 4.37. The molecule has 6 nitrogen and oxygen atoms in total. The van der Waals surface area contributed by atoms with Crippen LogP contribution in [-0.4, -0.2) is 53.5 Å². The van der Waals surface area contributed by atoms with Crippen LogP contribution in [0.5, 0.6) is 0 Å². The fourth-order valence-electron chi connectivity index (χ4n) is 2.83. The summed E-state index contributed by atoms with van der Waals surface area (Å²) in [6.45, 7) is 7.80. The van der Waals surface area contributed by atoms with Gasteiger partial charge in [0.1, 0.15) is 0 Å². The third-order valence-electron chi connectivity index (χ3n) is 4.37. The minimum absolute atomic E-state index is 0.103. The predicted molar refractivity (Wildman–Crippen MR) is 94.0 cm³/mol. The number of hydrogen-bond donors (Lipinski definition) is 1. The van der Waals surface area contributed by atoms with E-state index >= 15 is 0 Å². The molecule has 0 aromatic carbocycles. The lowest BCUT2D eigenvalue weighted by atomic mass is 10.2. The first kappa shape index (κ1) is 16.4. The molecule has 0 aliphatic carbocycles. The van der Waals surface area contributed by atoms with Gasteiger partial charge in [-0.3, -0.25) is 14.8 Å². The number of carbonyl (C=O) groups excluding carboxylic acids is 1. The molecular formula is C18H23N5O. The number of pyridine rings is 2. The van der Waals surface area contributed by atoms with Gasteiger partial charge < -0.3 is 15.1 Å². The predicted octanol–water partition coefficient (Wildman–Crippen LogP) is 1.55. The summed E-state index contributed by atoms with van der Waals surface area (Å²) in [5, 5.41) is 2.93. The molecule has 0 bridgehead atoms. The van der Waals surface area contributed by atoms with Crippen molar-refractivity contribution >= 4 is 11.6 Å². The quantitative estimate of drug-likeness (QED) is 0.904.